The van der Waals surface area contributed by atoms with Crippen molar-refractivity contribution in [2.24, 2.45) is 0 Å². The standard InChI is InChI=1S/C34H22N4/c1-3-9-23(10-4-1)34-35-21-26(22-36-34)38-32-14-8-7-13-27(32)30-20-29-24(19-33(30)38)15-16-31-28(29)17-18-37(31)25-11-5-2-6-12-25/h1-22H. The van der Waals surface area contributed by atoms with Crippen molar-refractivity contribution in [2.75, 3.05) is 0 Å². The Morgan fingerprint density at radius 1 is 0.474 bits per heavy atom. The molecule has 3 heterocycles. The van der Waals surface area contributed by atoms with Gasteiger partial charge in [-0.15, -0.1) is 0 Å². The molecule has 4 heteroatoms. The first-order valence-electron chi connectivity index (χ1n) is 12.8. The van der Waals surface area contributed by atoms with Gasteiger partial charge in [-0.25, -0.2) is 9.97 Å². The lowest BCUT2D eigenvalue weighted by Crippen LogP contribution is -1.97. The number of fused-ring (bicyclic) bond motifs is 6. The van der Waals surface area contributed by atoms with Crippen LogP contribution in [0.1, 0.15) is 0 Å². The maximum absolute atomic E-state index is 4.72. The fraction of sp³-hybridized carbons (Fsp3) is 0. The van der Waals surface area contributed by atoms with Gasteiger partial charge >= 0.3 is 0 Å². The molecule has 38 heavy (non-hydrogen) atoms. The Morgan fingerprint density at radius 2 is 1.18 bits per heavy atom. The summed E-state index contributed by atoms with van der Waals surface area (Å²) in [6.45, 7) is 0. The van der Waals surface area contributed by atoms with Crippen LogP contribution in [0.2, 0.25) is 0 Å². The summed E-state index contributed by atoms with van der Waals surface area (Å²) in [7, 11) is 0. The first-order valence-corrected chi connectivity index (χ1v) is 12.8. The lowest BCUT2D eigenvalue weighted by Gasteiger charge is -2.09. The van der Waals surface area contributed by atoms with E-state index in [1.807, 2.05) is 42.7 Å². The van der Waals surface area contributed by atoms with Gasteiger partial charge in [0, 0.05) is 33.6 Å². The van der Waals surface area contributed by atoms with E-state index in [9.17, 15) is 0 Å². The molecule has 178 valence electrons. The van der Waals surface area contributed by atoms with E-state index >= 15 is 0 Å². The van der Waals surface area contributed by atoms with Gasteiger partial charge < -0.3 is 9.13 Å². The van der Waals surface area contributed by atoms with Crippen LogP contribution in [0.25, 0.3) is 66.2 Å². The van der Waals surface area contributed by atoms with E-state index in [-0.39, 0.29) is 0 Å². The molecule has 5 aromatic carbocycles. The van der Waals surface area contributed by atoms with Crippen LogP contribution in [-0.4, -0.2) is 19.1 Å². The van der Waals surface area contributed by atoms with Gasteiger partial charge in [0.05, 0.1) is 34.6 Å². The van der Waals surface area contributed by atoms with Gasteiger partial charge in [0.15, 0.2) is 5.82 Å². The largest absolute Gasteiger partial charge is 0.317 e. The van der Waals surface area contributed by atoms with Crippen molar-refractivity contribution in [1.29, 1.82) is 0 Å². The fourth-order valence-corrected chi connectivity index (χ4v) is 5.68. The first-order chi connectivity index (χ1) is 18.8. The summed E-state index contributed by atoms with van der Waals surface area (Å²) < 4.78 is 4.53. The highest BCUT2D eigenvalue weighted by Crippen LogP contribution is 2.37. The van der Waals surface area contributed by atoms with Crippen LogP contribution in [0.5, 0.6) is 0 Å². The molecule has 0 aliphatic heterocycles. The summed E-state index contributed by atoms with van der Waals surface area (Å²) in [4.78, 5) is 9.44. The molecule has 0 saturated heterocycles. The minimum atomic E-state index is 0.728. The molecule has 8 rings (SSSR count). The summed E-state index contributed by atoms with van der Waals surface area (Å²) in [6.07, 6.45) is 6.02. The van der Waals surface area contributed by atoms with Crippen LogP contribution in [0, 0.1) is 0 Å². The Kier molecular flexibility index (Phi) is 4.49. The number of nitrogens with zero attached hydrogens (tertiary/aromatic N) is 4. The number of rotatable bonds is 3. The summed E-state index contributed by atoms with van der Waals surface area (Å²) in [5.74, 6) is 0.728. The Balaban J connectivity index is 1.36. The van der Waals surface area contributed by atoms with Crippen molar-refractivity contribution in [2.45, 2.75) is 0 Å². The highest BCUT2D eigenvalue weighted by atomic mass is 15.0. The number of hydrogen-bond acceptors (Lipinski definition) is 2. The van der Waals surface area contributed by atoms with Crippen molar-refractivity contribution in [3.63, 3.8) is 0 Å². The lowest BCUT2D eigenvalue weighted by molar-refractivity contribution is 1.08. The Bertz CT molecular complexity index is 2100. The van der Waals surface area contributed by atoms with Crippen molar-refractivity contribution >= 4 is 43.5 Å². The second kappa shape index (κ2) is 8.15. The number of hydrogen-bond donors (Lipinski definition) is 0. The molecule has 0 saturated carbocycles. The van der Waals surface area contributed by atoms with Gasteiger partial charge in [0.25, 0.3) is 0 Å². The maximum atomic E-state index is 4.72. The van der Waals surface area contributed by atoms with Gasteiger partial charge in [-0.2, -0.15) is 0 Å². The van der Waals surface area contributed by atoms with E-state index in [1.54, 1.807) is 0 Å². The van der Waals surface area contributed by atoms with E-state index in [4.69, 9.17) is 9.97 Å². The van der Waals surface area contributed by atoms with Crippen LogP contribution in [-0.2, 0) is 0 Å². The third kappa shape index (κ3) is 3.10. The molecule has 0 spiro atoms. The number of aromatic nitrogens is 4. The molecule has 0 fully saturated rings. The van der Waals surface area contributed by atoms with E-state index in [0.717, 1.165) is 28.1 Å². The van der Waals surface area contributed by atoms with Gasteiger partial charge in [0.2, 0.25) is 0 Å². The molecule has 0 N–H and O–H groups in total. The lowest BCUT2D eigenvalue weighted by atomic mass is 10.0. The molecule has 4 nitrogen and oxygen atoms in total. The average Bonchev–Trinajstić information content (AvgIpc) is 3.57. The van der Waals surface area contributed by atoms with E-state index in [0.29, 0.717) is 0 Å². The highest BCUT2D eigenvalue weighted by Gasteiger charge is 2.16. The second-order valence-corrected chi connectivity index (χ2v) is 9.59. The summed E-state index contributed by atoms with van der Waals surface area (Å²) in [6, 6.07) is 40.5. The molecule has 0 aliphatic carbocycles. The zero-order chi connectivity index (χ0) is 25.1. The normalized spacial score (nSPS) is 11.7. The van der Waals surface area contributed by atoms with Crippen LogP contribution < -0.4 is 0 Å². The maximum Gasteiger partial charge on any atom is 0.159 e. The predicted octanol–water partition coefficient (Wildman–Crippen LogP) is 8.34. The molecule has 3 aromatic heterocycles. The van der Waals surface area contributed by atoms with Gasteiger partial charge in [0.1, 0.15) is 0 Å². The highest BCUT2D eigenvalue weighted by molar-refractivity contribution is 6.18. The van der Waals surface area contributed by atoms with Gasteiger partial charge in [-0.3, -0.25) is 0 Å². The molecule has 0 bridgehead atoms. The topological polar surface area (TPSA) is 35.6 Å². The minimum Gasteiger partial charge on any atom is -0.317 e. The molecule has 0 aliphatic rings. The quantitative estimate of drug-likeness (QED) is 0.252. The van der Waals surface area contributed by atoms with Crippen LogP contribution in [0.15, 0.2) is 134 Å². The molecule has 0 radical (unpaired) electrons. The number of benzene rings is 5. The van der Waals surface area contributed by atoms with E-state index in [2.05, 4.69) is 100 Å². The van der Waals surface area contributed by atoms with E-state index < -0.39 is 0 Å². The summed E-state index contributed by atoms with van der Waals surface area (Å²) >= 11 is 0. The molecular formula is C34H22N4. The number of para-hydroxylation sites is 2. The molecule has 0 unspecified atom stereocenters. The van der Waals surface area contributed by atoms with Crippen molar-refractivity contribution < 1.29 is 0 Å². The van der Waals surface area contributed by atoms with Crippen LogP contribution in [0.3, 0.4) is 0 Å². The molecule has 0 amide bonds. The SMILES string of the molecule is c1ccc(-c2ncc(-n3c4ccccc4c4cc5c(ccc6c5ccn6-c5ccccc5)cc43)cn2)cc1. The Morgan fingerprint density at radius 3 is 2.00 bits per heavy atom. The molecule has 0 atom stereocenters. The third-order valence-corrected chi connectivity index (χ3v) is 7.44. The average molecular weight is 487 g/mol. The van der Waals surface area contributed by atoms with Crippen LogP contribution in [0.4, 0.5) is 0 Å². The predicted molar refractivity (Wildman–Crippen MR) is 156 cm³/mol. The monoisotopic (exact) mass is 486 g/mol. The summed E-state index contributed by atoms with van der Waals surface area (Å²) in [5.41, 5.74) is 6.63. The third-order valence-electron chi connectivity index (χ3n) is 7.44. The zero-order valence-corrected chi connectivity index (χ0v) is 20.5. The Labute approximate surface area is 219 Å². The van der Waals surface area contributed by atoms with Crippen molar-refractivity contribution in [3.05, 3.63) is 134 Å². The molecule has 8 aromatic rings. The summed E-state index contributed by atoms with van der Waals surface area (Å²) in [5, 5.41) is 6.15. The van der Waals surface area contributed by atoms with E-state index in [1.165, 1.54) is 38.1 Å². The fourth-order valence-electron chi connectivity index (χ4n) is 5.68. The smallest absolute Gasteiger partial charge is 0.159 e. The first kappa shape index (κ1) is 20.9. The molecular weight excluding hydrogens is 464 g/mol. The minimum absolute atomic E-state index is 0.728. The van der Waals surface area contributed by atoms with Crippen molar-refractivity contribution in [3.8, 4) is 22.8 Å². The van der Waals surface area contributed by atoms with Gasteiger partial charge in [-0.05, 0) is 53.2 Å². The second-order valence-electron chi connectivity index (χ2n) is 9.59. The van der Waals surface area contributed by atoms with Crippen molar-refractivity contribution in [1.82, 2.24) is 19.1 Å². The zero-order valence-electron chi connectivity index (χ0n) is 20.5. The Hall–Kier alpha value is -5.22. The van der Waals surface area contributed by atoms with Crippen LogP contribution >= 0.6 is 0 Å². The van der Waals surface area contributed by atoms with Gasteiger partial charge in [-0.1, -0.05) is 72.8 Å².